The van der Waals surface area contributed by atoms with Crippen molar-refractivity contribution in [2.24, 2.45) is 0 Å². The quantitative estimate of drug-likeness (QED) is 0.304. The van der Waals surface area contributed by atoms with Crippen molar-refractivity contribution in [3.8, 4) is 12.1 Å². The summed E-state index contributed by atoms with van der Waals surface area (Å²) in [6, 6.07) is 17.1. The van der Waals surface area contributed by atoms with Crippen LogP contribution in [0.2, 0.25) is 18.1 Å². The van der Waals surface area contributed by atoms with Crippen molar-refractivity contribution in [2.45, 2.75) is 82.9 Å². The van der Waals surface area contributed by atoms with Crippen molar-refractivity contribution in [3.05, 3.63) is 53.7 Å². The highest BCUT2D eigenvalue weighted by Gasteiger charge is 2.44. The Bertz CT molecular complexity index is 1650. The van der Waals surface area contributed by atoms with E-state index in [1.165, 1.54) is 21.4 Å². The summed E-state index contributed by atoms with van der Waals surface area (Å²) in [6.07, 6.45) is 0.629. The van der Waals surface area contributed by atoms with E-state index in [9.17, 15) is 15.2 Å². The van der Waals surface area contributed by atoms with Gasteiger partial charge in [-0.3, -0.25) is 4.90 Å². The molecule has 0 bridgehead atoms. The molecule has 11 nitrogen and oxygen atoms in total. The molecular weight excluding hydrogens is 611 g/mol. The Morgan fingerprint density at radius 1 is 1.11 bits per heavy atom. The Labute approximate surface area is 278 Å². The predicted molar refractivity (Wildman–Crippen MR) is 186 cm³/mol. The number of aromatic nitrogens is 2. The zero-order valence-electron chi connectivity index (χ0n) is 28.2. The minimum atomic E-state index is -2.08. The molecule has 2 aromatic carbocycles. The number of benzene rings is 2. The van der Waals surface area contributed by atoms with Gasteiger partial charge in [0.1, 0.15) is 12.4 Å². The van der Waals surface area contributed by atoms with E-state index < -0.39 is 14.4 Å². The second kappa shape index (κ2) is 13.3. The summed E-state index contributed by atoms with van der Waals surface area (Å²) in [5.74, 6) is 0.854. The molecule has 0 radical (unpaired) electrons. The maximum Gasteiger partial charge on any atom is 0.407 e. The van der Waals surface area contributed by atoms with Crippen molar-refractivity contribution in [1.29, 1.82) is 5.26 Å². The number of anilines is 2. The average Bonchev–Trinajstić information content (AvgIpc) is 3.45. The third-order valence-electron chi connectivity index (χ3n) is 10.3. The fraction of sp³-hybridized carbons (Fsp3) is 0.543. The lowest BCUT2D eigenvalue weighted by molar-refractivity contribution is 0.118. The van der Waals surface area contributed by atoms with Gasteiger partial charge in [0.2, 0.25) is 0 Å². The highest BCUT2D eigenvalue weighted by molar-refractivity contribution is 6.74. The van der Waals surface area contributed by atoms with Crippen molar-refractivity contribution in [2.75, 3.05) is 49.1 Å². The molecule has 0 saturated carbocycles. The van der Waals surface area contributed by atoms with Crippen LogP contribution in [-0.2, 0) is 17.4 Å². The maximum absolute atomic E-state index is 12.3. The van der Waals surface area contributed by atoms with Gasteiger partial charge in [-0.25, -0.2) is 4.79 Å². The molecule has 0 spiro atoms. The highest BCUT2D eigenvalue weighted by Crippen LogP contribution is 2.39. The van der Waals surface area contributed by atoms with E-state index in [0.717, 1.165) is 43.1 Å². The lowest BCUT2D eigenvalue weighted by atomic mass is 10.0. The number of fused-ring (bicyclic) bond motifs is 2. The molecular formula is C35H47N7O4Si. The predicted octanol–water partition coefficient (Wildman–Crippen LogP) is 5.41. The lowest BCUT2D eigenvalue weighted by Crippen LogP contribution is -2.51. The van der Waals surface area contributed by atoms with Gasteiger partial charge in [0, 0.05) is 55.4 Å². The Morgan fingerprint density at radius 3 is 2.66 bits per heavy atom. The molecule has 12 heteroatoms. The molecule has 4 heterocycles. The number of carboxylic acid groups (broad SMARTS) is 1. The first-order chi connectivity index (χ1) is 22.4. The molecule has 1 unspecified atom stereocenters. The van der Waals surface area contributed by atoms with Crippen LogP contribution in [0.15, 0.2) is 42.5 Å². The zero-order chi connectivity index (χ0) is 33.3. The fourth-order valence-corrected chi connectivity index (χ4v) is 8.14. The number of ether oxygens (including phenoxy) is 1. The van der Waals surface area contributed by atoms with Crippen molar-refractivity contribution in [3.63, 3.8) is 0 Å². The lowest BCUT2D eigenvalue weighted by Gasteiger charge is -2.38. The van der Waals surface area contributed by atoms with Crippen LogP contribution in [0.3, 0.4) is 0 Å². The largest absolute Gasteiger partial charge is 0.465 e. The van der Waals surface area contributed by atoms with Gasteiger partial charge >= 0.3 is 12.1 Å². The van der Waals surface area contributed by atoms with E-state index in [1.54, 1.807) is 0 Å². The number of nitrogens with one attached hydrogen (secondary N) is 1. The number of piperazine rings is 1. The summed E-state index contributed by atoms with van der Waals surface area (Å²) < 4.78 is 12.9. The number of likely N-dealkylation sites (tertiary alicyclic amines) is 1. The summed E-state index contributed by atoms with van der Waals surface area (Å²) in [5, 5.41) is 25.3. The Balaban J connectivity index is 1.27. The number of nitriles is 1. The SMILES string of the molecule is CC(C)(C)[Si](C)(C)O[C@@H]1C[C@@H](COc2nc3c(c(N4CCNC(CC#N)C4)n2)CCN(c2cccc4ccccc24)C3)N(C(=O)O)C1. The van der Waals surface area contributed by atoms with Gasteiger partial charge < -0.3 is 29.4 Å². The van der Waals surface area contributed by atoms with Gasteiger partial charge in [0.15, 0.2) is 8.32 Å². The first-order valence-electron chi connectivity index (χ1n) is 16.7. The van der Waals surface area contributed by atoms with Crippen LogP contribution >= 0.6 is 0 Å². The van der Waals surface area contributed by atoms with Crippen LogP contribution in [0, 0.1) is 11.3 Å². The Hall–Kier alpha value is -3.92. The number of hydrogen-bond donors (Lipinski definition) is 2. The fourth-order valence-electron chi connectivity index (χ4n) is 6.78. The van der Waals surface area contributed by atoms with Crippen molar-refractivity contribution >= 4 is 36.7 Å². The Morgan fingerprint density at radius 2 is 1.89 bits per heavy atom. The third-order valence-corrected chi connectivity index (χ3v) is 14.9. The van der Waals surface area contributed by atoms with Gasteiger partial charge in [0.25, 0.3) is 0 Å². The number of rotatable bonds is 8. The summed E-state index contributed by atoms with van der Waals surface area (Å²) in [7, 11) is -2.08. The van der Waals surface area contributed by atoms with Gasteiger partial charge in [0.05, 0.1) is 36.9 Å². The van der Waals surface area contributed by atoms with E-state index in [1.807, 2.05) is 0 Å². The van der Waals surface area contributed by atoms with Crippen molar-refractivity contribution < 1.29 is 19.1 Å². The van der Waals surface area contributed by atoms with E-state index in [-0.39, 0.29) is 35.8 Å². The molecule has 0 aliphatic carbocycles. The third kappa shape index (κ3) is 7.03. The number of carbonyl (C=O) groups is 1. The van der Waals surface area contributed by atoms with Gasteiger partial charge in [-0.1, -0.05) is 57.2 Å². The van der Waals surface area contributed by atoms with Crippen LogP contribution in [0.25, 0.3) is 10.8 Å². The summed E-state index contributed by atoms with van der Waals surface area (Å²) >= 11 is 0. The average molecular weight is 658 g/mol. The second-order valence-electron chi connectivity index (χ2n) is 14.5. The molecule has 1 aromatic heterocycles. The molecule has 2 N–H and O–H groups in total. The first kappa shape index (κ1) is 33.0. The minimum absolute atomic E-state index is 0.0269. The molecule has 47 heavy (non-hydrogen) atoms. The molecule has 2 fully saturated rings. The monoisotopic (exact) mass is 657 g/mol. The first-order valence-corrected chi connectivity index (χ1v) is 19.6. The molecule has 3 aliphatic heterocycles. The summed E-state index contributed by atoms with van der Waals surface area (Å²) in [6.45, 7) is 15.1. The van der Waals surface area contributed by atoms with Crippen LogP contribution in [-0.4, -0.2) is 91.9 Å². The van der Waals surface area contributed by atoms with E-state index in [0.29, 0.717) is 32.5 Å². The van der Waals surface area contributed by atoms with E-state index in [2.05, 4.69) is 97.5 Å². The normalized spacial score (nSPS) is 21.9. The van der Waals surface area contributed by atoms with Crippen molar-refractivity contribution in [1.82, 2.24) is 20.2 Å². The van der Waals surface area contributed by atoms with E-state index >= 15 is 0 Å². The number of nitrogens with zero attached hydrogens (tertiary/aromatic N) is 6. The molecule has 1 amide bonds. The van der Waals surface area contributed by atoms with Crippen LogP contribution in [0.1, 0.15) is 44.9 Å². The van der Waals surface area contributed by atoms with E-state index in [4.69, 9.17) is 19.1 Å². The highest BCUT2D eigenvalue weighted by atomic mass is 28.4. The Kier molecular flexibility index (Phi) is 9.33. The molecule has 250 valence electrons. The van der Waals surface area contributed by atoms with Gasteiger partial charge in [-0.05, 0) is 42.4 Å². The molecule has 2 saturated heterocycles. The standard InChI is InChI=1S/C35H47N7O4Si/c1-35(2,3)47(4,5)46-27-19-26(42(21-27)34(43)44)23-45-33-38-30-22-40(31-12-8-10-24-9-6-7-11-28(24)31)17-14-29(30)32(39-33)41-18-16-37-25(20-41)13-15-36/h6-12,25-27,37H,13-14,16-23H2,1-5H3,(H,43,44)/t25?,26-,27+/m0/s1. The van der Waals surface area contributed by atoms with Gasteiger partial charge in [-0.2, -0.15) is 15.2 Å². The number of amides is 1. The number of hydrogen-bond acceptors (Lipinski definition) is 9. The second-order valence-corrected chi connectivity index (χ2v) is 19.3. The van der Waals surface area contributed by atoms with Crippen LogP contribution in [0.4, 0.5) is 16.3 Å². The van der Waals surface area contributed by atoms with Gasteiger partial charge in [-0.15, -0.1) is 0 Å². The molecule has 3 aromatic rings. The summed E-state index contributed by atoms with van der Waals surface area (Å²) in [5.41, 5.74) is 3.20. The topological polar surface area (TPSA) is 127 Å². The smallest absolute Gasteiger partial charge is 0.407 e. The molecule has 3 atom stereocenters. The van der Waals surface area contributed by atoms with Crippen LogP contribution in [0.5, 0.6) is 6.01 Å². The summed E-state index contributed by atoms with van der Waals surface area (Å²) in [4.78, 5) is 28.3. The maximum atomic E-state index is 12.3. The zero-order valence-corrected chi connectivity index (χ0v) is 29.2. The molecule has 3 aliphatic rings. The minimum Gasteiger partial charge on any atom is -0.465 e. The van der Waals surface area contributed by atoms with Crippen LogP contribution < -0.4 is 19.9 Å². The molecule has 6 rings (SSSR count).